The van der Waals surface area contributed by atoms with Crippen molar-refractivity contribution in [2.75, 3.05) is 18.5 Å². The average molecular weight is 344 g/mol. The van der Waals surface area contributed by atoms with Crippen molar-refractivity contribution in [1.82, 2.24) is 0 Å². The van der Waals surface area contributed by atoms with Gasteiger partial charge in [0.05, 0.1) is 18.1 Å². The maximum Gasteiger partial charge on any atom is 0.271 e. The second kappa shape index (κ2) is 9.27. The Morgan fingerprint density at radius 2 is 1.84 bits per heavy atom. The Labute approximate surface area is 145 Å². The third-order valence-electron chi connectivity index (χ3n) is 3.30. The van der Waals surface area contributed by atoms with E-state index in [4.69, 9.17) is 9.47 Å². The third-order valence-corrected chi connectivity index (χ3v) is 3.30. The molecule has 7 nitrogen and oxygen atoms in total. The fourth-order valence-corrected chi connectivity index (χ4v) is 2.18. The first-order chi connectivity index (χ1) is 12.1. The van der Waals surface area contributed by atoms with Crippen molar-refractivity contribution in [2.45, 2.75) is 19.8 Å². The van der Waals surface area contributed by atoms with E-state index in [1.807, 2.05) is 31.2 Å². The lowest BCUT2D eigenvalue weighted by Crippen LogP contribution is -2.13. The predicted molar refractivity (Wildman–Crippen MR) is 94.1 cm³/mol. The molecule has 0 spiro atoms. The molecular formula is C18H20N2O5. The molecule has 2 rings (SSSR count). The van der Waals surface area contributed by atoms with Crippen LogP contribution < -0.4 is 14.8 Å². The van der Waals surface area contributed by atoms with Crippen LogP contribution in [0.5, 0.6) is 11.5 Å². The minimum Gasteiger partial charge on any atom is -0.490 e. The number of non-ortho nitro benzene ring substituents is 1. The molecule has 0 unspecified atom stereocenters. The minimum absolute atomic E-state index is 0.0614. The largest absolute Gasteiger partial charge is 0.490 e. The number of carbonyl (C=O) groups is 1. The van der Waals surface area contributed by atoms with Crippen LogP contribution in [0.1, 0.15) is 19.8 Å². The zero-order valence-corrected chi connectivity index (χ0v) is 13.9. The number of nitro groups is 1. The lowest BCUT2D eigenvalue weighted by molar-refractivity contribution is -0.384. The number of hydrogen-bond acceptors (Lipinski definition) is 5. The van der Waals surface area contributed by atoms with Gasteiger partial charge in [0.25, 0.3) is 5.69 Å². The van der Waals surface area contributed by atoms with Crippen molar-refractivity contribution >= 4 is 17.3 Å². The summed E-state index contributed by atoms with van der Waals surface area (Å²) in [5.41, 5.74) is 0.343. The molecule has 2 aromatic rings. The summed E-state index contributed by atoms with van der Waals surface area (Å²) in [6, 6.07) is 13.2. The van der Waals surface area contributed by atoms with Crippen LogP contribution in [-0.2, 0) is 4.79 Å². The van der Waals surface area contributed by atoms with Crippen LogP contribution in [-0.4, -0.2) is 24.0 Å². The van der Waals surface area contributed by atoms with Crippen LogP contribution in [0.2, 0.25) is 0 Å². The number of nitrogens with zero attached hydrogens (tertiary/aromatic N) is 1. The zero-order chi connectivity index (χ0) is 18.1. The van der Waals surface area contributed by atoms with E-state index < -0.39 is 4.92 Å². The molecule has 2 aromatic carbocycles. The molecule has 0 saturated carbocycles. The lowest BCUT2D eigenvalue weighted by atomic mass is 10.2. The Balaban J connectivity index is 1.77. The van der Waals surface area contributed by atoms with Gasteiger partial charge >= 0.3 is 0 Å². The van der Waals surface area contributed by atoms with Gasteiger partial charge in [-0.05, 0) is 31.5 Å². The molecular weight excluding hydrogens is 324 g/mol. The van der Waals surface area contributed by atoms with E-state index in [2.05, 4.69) is 5.32 Å². The normalized spacial score (nSPS) is 10.1. The first-order valence-corrected chi connectivity index (χ1v) is 7.99. The third kappa shape index (κ3) is 5.80. The summed E-state index contributed by atoms with van der Waals surface area (Å²) < 4.78 is 11.1. The summed E-state index contributed by atoms with van der Waals surface area (Å²) in [6.45, 7) is 2.81. The Morgan fingerprint density at radius 1 is 1.12 bits per heavy atom. The van der Waals surface area contributed by atoms with Crippen LogP contribution in [0, 0.1) is 10.1 Å². The summed E-state index contributed by atoms with van der Waals surface area (Å²) in [5, 5.41) is 13.4. The van der Waals surface area contributed by atoms with Crippen LogP contribution in [0.3, 0.4) is 0 Å². The van der Waals surface area contributed by atoms with Crippen molar-refractivity contribution in [3.63, 3.8) is 0 Å². The van der Waals surface area contributed by atoms with E-state index in [1.165, 1.54) is 18.2 Å². The van der Waals surface area contributed by atoms with Crippen LogP contribution in [0.4, 0.5) is 11.4 Å². The highest BCUT2D eigenvalue weighted by atomic mass is 16.6. The molecule has 1 N–H and O–H groups in total. The molecule has 1 amide bonds. The van der Waals surface area contributed by atoms with Crippen molar-refractivity contribution in [3.05, 3.63) is 58.6 Å². The molecule has 0 radical (unpaired) electrons. The number of anilines is 1. The second-order valence-corrected chi connectivity index (χ2v) is 5.19. The van der Waals surface area contributed by atoms with Gasteiger partial charge < -0.3 is 14.8 Å². The number of hydrogen-bond donors (Lipinski definition) is 1. The molecule has 0 bridgehead atoms. The number of para-hydroxylation sites is 2. The summed E-state index contributed by atoms with van der Waals surface area (Å²) in [4.78, 5) is 22.1. The number of amides is 1. The topological polar surface area (TPSA) is 90.7 Å². The van der Waals surface area contributed by atoms with Crippen LogP contribution in [0.25, 0.3) is 0 Å². The van der Waals surface area contributed by atoms with E-state index in [1.54, 1.807) is 6.07 Å². The fraction of sp³-hybridized carbons (Fsp3) is 0.278. The number of nitro benzene ring substituents is 1. The average Bonchev–Trinajstić information content (AvgIpc) is 2.60. The molecule has 0 aromatic heterocycles. The van der Waals surface area contributed by atoms with Gasteiger partial charge in [-0.1, -0.05) is 18.2 Å². The van der Waals surface area contributed by atoms with Gasteiger partial charge in [0.1, 0.15) is 0 Å². The van der Waals surface area contributed by atoms with Gasteiger partial charge in [-0.2, -0.15) is 0 Å². The first kappa shape index (κ1) is 18.3. The Morgan fingerprint density at radius 3 is 2.52 bits per heavy atom. The maximum atomic E-state index is 11.9. The molecule has 0 heterocycles. The maximum absolute atomic E-state index is 11.9. The minimum atomic E-state index is -0.501. The number of carbonyl (C=O) groups excluding carboxylic acids is 1. The number of rotatable bonds is 9. The van der Waals surface area contributed by atoms with Crippen LogP contribution in [0.15, 0.2) is 48.5 Å². The lowest BCUT2D eigenvalue weighted by Gasteiger charge is -2.11. The Kier molecular flexibility index (Phi) is 6.76. The van der Waals surface area contributed by atoms with E-state index in [-0.39, 0.29) is 18.0 Å². The number of benzene rings is 2. The first-order valence-electron chi connectivity index (χ1n) is 7.99. The smallest absolute Gasteiger partial charge is 0.271 e. The molecule has 132 valence electrons. The zero-order valence-electron chi connectivity index (χ0n) is 13.9. The number of ether oxygens (including phenoxy) is 2. The molecule has 0 aliphatic rings. The van der Waals surface area contributed by atoms with Crippen molar-refractivity contribution in [2.24, 2.45) is 0 Å². The molecule has 7 heteroatoms. The summed E-state index contributed by atoms with van der Waals surface area (Å²) in [7, 11) is 0. The molecule has 0 atom stereocenters. The molecule has 25 heavy (non-hydrogen) atoms. The summed E-state index contributed by atoms with van der Waals surface area (Å²) >= 11 is 0. The Bertz CT molecular complexity index is 733. The monoisotopic (exact) mass is 344 g/mol. The Hall–Kier alpha value is -3.09. The molecule has 0 aliphatic carbocycles. The molecule has 0 aliphatic heterocycles. The van der Waals surface area contributed by atoms with Gasteiger partial charge in [-0.25, -0.2) is 0 Å². The van der Waals surface area contributed by atoms with Gasteiger partial charge in [0.15, 0.2) is 11.5 Å². The van der Waals surface area contributed by atoms with Gasteiger partial charge in [-0.15, -0.1) is 0 Å². The van der Waals surface area contributed by atoms with E-state index in [0.29, 0.717) is 36.8 Å². The summed E-state index contributed by atoms with van der Waals surface area (Å²) in [6.07, 6.45) is 0.765. The van der Waals surface area contributed by atoms with E-state index >= 15 is 0 Å². The SMILES string of the molecule is CCOc1ccccc1OCCCC(=O)Nc1cccc([N+](=O)[O-])c1. The quantitative estimate of drug-likeness (QED) is 0.424. The molecule has 0 saturated heterocycles. The van der Waals surface area contributed by atoms with Crippen molar-refractivity contribution in [3.8, 4) is 11.5 Å². The predicted octanol–water partition coefficient (Wildman–Crippen LogP) is 3.79. The highest BCUT2D eigenvalue weighted by Crippen LogP contribution is 2.26. The van der Waals surface area contributed by atoms with Crippen molar-refractivity contribution in [1.29, 1.82) is 0 Å². The highest BCUT2D eigenvalue weighted by molar-refractivity contribution is 5.90. The van der Waals surface area contributed by atoms with Crippen molar-refractivity contribution < 1.29 is 19.2 Å². The molecule has 0 fully saturated rings. The van der Waals surface area contributed by atoms with E-state index in [9.17, 15) is 14.9 Å². The van der Waals surface area contributed by atoms with E-state index in [0.717, 1.165) is 0 Å². The van der Waals surface area contributed by atoms with Gasteiger partial charge in [-0.3, -0.25) is 14.9 Å². The fourth-order valence-electron chi connectivity index (χ4n) is 2.18. The highest BCUT2D eigenvalue weighted by Gasteiger charge is 2.09. The standard InChI is InChI=1S/C18H20N2O5/c1-2-24-16-9-3-4-10-17(16)25-12-6-11-18(21)19-14-7-5-8-15(13-14)20(22)23/h3-5,7-10,13H,2,6,11-12H2,1H3,(H,19,21). The summed E-state index contributed by atoms with van der Waals surface area (Å²) in [5.74, 6) is 1.09. The van der Waals surface area contributed by atoms with Crippen LogP contribution >= 0.6 is 0 Å². The second-order valence-electron chi connectivity index (χ2n) is 5.19. The van der Waals surface area contributed by atoms with Gasteiger partial charge in [0, 0.05) is 24.2 Å². The van der Waals surface area contributed by atoms with Gasteiger partial charge in [0.2, 0.25) is 5.91 Å². The number of nitrogens with one attached hydrogen (secondary N) is 1.